The van der Waals surface area contributed by atoms with Gasteiger partial charge in [-0.1, -0.05) is 0 Å². The van der Waals surface area contributed by atoms with Crippen LogP contribution in [0.2, 0.25) is 0 Å². The Morgan fingerprint density at radius 1 is 1.56 bits per heavy atom. The molecule has 90 valence electrons. The zero-order valence-corrected chi connectivity index (χ0v) is 11.8. The molecule has 0 saturated carbocycles. The van der Waals surface area contributed by atoms with Crippen LogP contribution in [0.25, 0.3) is 0 Å². The second-order valence-corrected chi connectivity index (χ2v) is 6.30. The number of halogens is 1. The fourth-order valence-electron chi connectivity index (χ4n) is 2.35. The maximum Gasteiger partial charge on any atom is 0.0434 e. The molecule has 0 radical (unpaired) electrons. The van der Waals surface area contributed by atoms with Crippen molar-refractivity contribution in [2.24, 2.45) is 5.92 Å². The van der Waals surface area contributed by atoms with Crippen LogP contribution in [0.3, 0.4) is 0 Å². The van der Waals surface area contributed by atoms with Crippen LogP contribution in [0, 0.1) is 5.92 Å². The lowest BCUT2D eigenvalue weighted by Gasteiger charge is -2.32. The van der Waals surface area contributed by atoms with E-state index in [4.69, 9.17) is 5.11 Å². The number of rotatable bonds is 4. The summed E-state index contributed by atoms with van der Waals surface area (Å²) in [5.74, 6) is 0.692. The van der Waals surface area contributed by atoms with Gasteiger partial charge in [-0.2, -0.15) is 0 Å². The summed E-state index contributed by atoms with van der Waals surface area (Å²) >= 11 is 5.40. The SMILES string of the molecule is OCCC1CCCN(Cc2sccc2Br)C1. The van der Waals surface area contributed by atoms with E-state index in [1.165, 1.54) is 28.7 Å². The van der Waals surface area contributed by atoms with Crippen LogP contribution >= 0.6 is 27.3 Å². The van der Waals surface area contributed by atoms with Crippen molar-refractivity contribution in [1.29, 1.82) is 0 Å². The molecule has 1 aliphatic rings. The first-order chi connectivity index (χ1) is 7.79. The Hall–Kier alpha value is 0.100. The second kappa shape index (κ2) is 6.15. The summed E-state index contributed by atoms with van der Waals surface area (Å²) < 4.78 is 1.24. The van der Waals surface area contributed by atoms with Crippen molar-refractivity contribution < 1.29 is 5.11 Å². The lowest BCUT2D eigenvalue weighted by Crippen LogP contribution is -2.35. The first kappa shape index (κ1) is 12.6. The predicted molar refractivity (Wildman–Crippen MR) is 71.7 cm³/mol. The van der Waals surface area contributed by atoms with E-state index in [2.05, 4.69) is 32.3 Å². The molecule has 1 N–H and O–H groups in total. The Morgan fingerprint density at radius 3 is 3.12 bits per heavy atom. The van der Waals surface area contributed by atoms with Crippen molar-refractivity contribution in [1.82, 2.24) is 4.90 Å². The molecule has 4 heteroatoms. The Labute approximate surface area is 109 Å². The quantitative estimate of drug-likeness (QED) is 0.924. The molecular weight excluding hydrogens is 286 g/mol. The fourth-order valence-corrected chi connectivity index (χ4v) is 3.87. The molecule has 0 aromatic carbocycles. The van der Waals surface area contributed by atoms with E-state index in [1.807, 2.05) is 11.3 Å². The van der Waals surface area contributed by atoms with Gasteiger partial charge in [-0.25, -0.2) is 0 Å². The Morgan fingerprint density at radius 2 is 2.44 bits per heavy atom. The number of thiophene rings is 1. The second-order valence-electron chi connectivity index (χ2n) is 4.45. The van der Waals surface area contributed by atoms with E-state index < -0.39 is 0 Å². The van der Waals surface area contributed by atoms with Gasteiger partial charge in [-0.3, -0.25) is 4.90 Å². The maximum absolute atomic E-state index is 8.98. The smallest absolute Gasteiger partial charge is 0.0434 e. The van der Waals surface area contributed by atoms with Crippen molar-refractivity contribution >= 4 is 27.3 Å². The maximum atomic E-state index is 8.98. The van der Waals surface area contributed by atoms with Gasteiger partial charge >= 0.3 is 0 Å². The summed E-state index contributed by atoms with van der Waals surface area (Å²) in [5, 5.41) is 11.1. The van der Waals surface area contributed by atoms with Crippen molar-refractivity contribution in [2.75, 3.05) is 19.7 Å². The zero-order valence-electron chi connectivity index (χ0n) is 9.36. The van der Waals surface area contributed by atoms with Crippen LogP contribution in [-0.2, 0) is 6.54 Å². The van der Waals surface area contributed by atoms with Crippen LogP contribution in [0.1, 0.15) is 24.1 Å². The minimum Gasteiger partial charge on any atom is -0.396 e. The van der Waals surface area contributed by atoms with Gasteiger partial charge in [0, 0.05) is 29.0 Å². The molecule has 0 amide bonds. The molecular formula is C12H18BrNOS. The summed E-state index contributed by atoms with van der Waals surface area (Å²) in [5.41, 5.74) is 0. The molecule has 1 aromatic heterocycles. The molecule has 1 fully saturated rings. The van der Waals surface area contributed by atoms with Crippen LogP contribution < -0.4 is 0 Å². The Balaban J connectivity index is 1.88. The molecule has 0 bridgehead atoms. The molecule has 1 aromatic rings. The highest BCUT2D eigenvalue weighted by molar-refractivity contribution is 9.10. The van der Waals surface area contributed by atoms with E-state index in [9.17, 15) is 0 Å². The van der Waals surface area contributed by atoms with Gasteiger partial charge < -0.3 is 5.11 Å². The van der Waals surface area contributed by atoms with Gasteiger partial charge in [0.2, 0.25) is 0 Å². The molecule has 1 unspecified atom stereocenters. The van der Waals surface area contributed by atoms with E-state index in [0.717, 1.165) is 19.5 Å². The molecule has 1 aliphatic heterocycles. The highest BCUT2D eigenvalue weighted by atomic mass is 79.9. The number of hydrogen-bond acceptors (Lipinski definition) is 3. The molecule has 0 aliphatic carbocycles. The minimum atomic E-state index is 0.335. The first-order valence-corrected chi connectivity index (χ1v) is 7.52. The van der Waals surface area contributed by atoms with E-state index >= 15 is 0 Å². The number of nitrogens with zero attached hydrogens (tertiary/aromatic N) is 1. The lowest BCUT2D eigenvalue weighted by molar-refractivity contribution is 0.143. The molecule has 1 atom stereocenters. The summed E-state index contributed by atoms with van der Waals surface area (Å²) in [6.45, 7) is 3.73. The Kier molecular flexibility index (Phi) is 4.82. The third-order valence-corrected chi connectivity index (χ3v) is 5.11. The van der Waals surface area contributed by atoms with E-state index in [0.29, 0.717) is 12.5 Å². The van der Waals surface area contributed by atoms with Crippen molar-refractivity contribution in [3.8, 4) is 0 Å². The first-order valence-electron chi connectivity index (χ1n) is 5.84. The van der Waals surface area contributed by atoms with Crippen molar-refractivity contribution in [3.63, 3.8) is 0 Å². The van der Waals surface area contributed by atoms with Crippen LogP contribution in [-0.4, -0.2) is 29.7 Å². The average molecular weight is 304 g/mol. The largest absolute Gasteiger partial charge is 0.396 e. The number of aliphatic hydroxyl groups is 1. The van der Waals surface area contributed by atoms with Gasteiger partial charge in [0.15, 0.2) is 0 Å². The van der Waals surface area contributed by atoms with Gasteiger partial charge in [0.05, 0.1) is 0 Å². The Bertz CT molecular complexity index is 327. The highest BCUT2D eigenvalue weighted by Crippen LogP contribution is 2.27. The minimum absolute atomic E-state index is 0.335. The molecule has 2 rings (SSSR count). The summed E-state index contributed by atoms with van der Waals surface area (Å²) in [4.78, 5) is 3.94. The molecule has 2 heterocycles. The normalized spacial score (nSPS) is 22.5. The van der Waals surface area contributed by atoms with Gasteiger partial charge in [-0.15, -0.1) is 11.3 Å². The summed E-state index contributed by atoms with van der Waals surface area (Å²) in [7, 11) is 0. The van der Waals surface area contributed by atoms with Gasteiger partial charge in [0.1, 0.15) is 0 Å². The van der Waals surface area contributed by atoms with E-state index in [1.54, 1.807) is 0 Å². The number of hydrogen-bond donors (Lipinski definition) is 1. The van der Waals surface area contributed by atoms with E-state index in [-0.39, 0.29) is 0 Å². The molecule has 16 heavy (non-hydrogen) atoms. The predicted octanol–water partition coefficient (Wildman–Crippen LogP) is 3.11. The van der Waals surface area contributed by atoms with Crippen LogP contribution in [0.5, 0.6) is 0 Å². The molecule has 1 saturated heterocycles. The molecule has 0 spiro atoms. The number of likely N-dealkylation sites (tertiary alicyclic amines) is 1. The van der Waals surface area contributed by atoms with Gasteiger partial charge in [0.25, 0.3) is 0 Å². The van der Waals surface area contributed by atoms with Crippen molar-refractivity contribution in [2.45, 2.75) is 25.8 Å². The molecule has 2 nitrogen and oxygen atoms in total. The van der Waals surface area contributed by atoms with Gasteiger partial charge in [-0.05, 0) is 59.1 Å². The zero-order chi connectivity index (χ0) is 11.4. The van der Waals surface area contributed by atoms with Crippen LogP contribution in [0.4, 0.5) is 0 Å². The third kappa shape index (κ3) is 3.29. The summed E-state index contributed by atoms with van der Waals surface area (Å²) in [6, 6.07) is 2.12. The standard InChI is InChI=1S/C12H18BrNOS/c13-11-4-7-16-12(11)9-14-5-1-2-10(8-14)3-6-15/h4,7,10,15H,1-3,5-6,8-9H2. The van der Waals surface area contributed by atoms with Crippen LogP contribution in [0.15, 0.2) is 15.9 Å². The monoisotopic (exact) mass is 303 g/mol. The van der Waals surface area contributed by atoms with Crippen molar-refractivity contribution in [3.05, 3.63) is 20.8 Å². The highest BCUT2D eigenvalue weighted by Gasteiger charge is 2.20. The number of aliphatic hydroxyl groups excluding tert-OH is 1. The summed E-state index contributed by atoms with van der Waals surface area (Å²) in [6.07, 6.45) is 3.51. The number of piperidine rings is 1. The lowest BCUT2D eigenvalue weighted by atomic mass is 9.95. The average Bonchev–Trinajstić information content (AvgIpc) is 2.66. The fraction of sp³-hybridized carbons (Fsp3) is 0.667. The topological polar surface area (TPSA) is 23.5 Å². The third-order valence-electron chi connectivity index (χ3n) is 3.20.